The van der Waals surface area contributed by atoms with E-state index in [9.17, 15) is 4.79 Å². The average molecular weight is 384 g/mol. The summed E-state index contributed by atoms with van der Waals surface area (Å²) < 4.78 is 7.76. The van der Waals surface area contributed by atoms with E-state index in [1.165, 1.54) is 19.3 Å². The first-order valence-electron chi connectivity index (χ1n) is 10.2. The molecule has 1 saturated carbocycles. The average Bonchev–Trinajstić information content (AvgIpc) is 3.02. The Hall–Kier alpha value is -2.64. The summed E-state index contributed by atoms with van der Waals surface area (Å²) in [7, 11) is 1.87. The number of piperidine rings is 1. The number of hydrogen-bond acceptors (Lipinski definition) is 6. The van der Waals surface area contributed by atoms with Crippen LogP contribution in [-0.4, -0.2) is 44.3 Å². The van der Waals surface area contributed by atoms with Gasteiger partial charge in [-0.2, -0.15) is 10.1 Å². The van der Waals surface area contributed by atoms with Gasteiger partial charge in [0, 0.05) is 19.7 Å². The summed E-state index contributed by atoms with van der Waals surface area (Å²) in [4.78, 5) is 23.6. The van der Waals surface area contributed by atoms with Gasteiger partial charge in [-0.05, 0) is 45.4 Å². The SMILES string of the molecule is Cc1cc(N2CCCC(Nc3cncc(OC4CCCCC4)n3)C2=O)n(C)n1. The number of hydrogen-bond donors (Lipinski definition) is 1. The minimum Gasteiger partial charge on any atom is -0.473 e. The Bertz CT molecular complexity index is 830. The second-order valence-corrected chi connectivity index (χ2v) is 7.72. The van der Waals surface area contributed by atoms with Crippen LogP contribution in [0.25, 0.3) is 0 Å². The second-order valence-electron chi connectivity index (χ2n) is 7.72. The molecular formula is C20H28N6O2. The normalized spacial score (nSPS) is 21.0. The van der Waals surface area contributed by atoms with Gasteiger partial charge in [0.25, 0.3) is 5.91 Å². The van der Waals surface area contributed by atoms with E-state index in [2.05, 4.69) is 20.4 Å². The van der Waals surface area contributed by atoms with Crippen molar-refractivity contribution in [3.63, 3.8) is 0 Å². The zero-order valence-electron chi connectivity index (χ0n) is 16.6. The molecule has 2 aromatic heterocycles. The first-order valence-corrected chi connectivity index (χ1v) is 10.2. The first-order chi connectivity index (χ1) is 13.6. The maximum absolute atomic E-state index is 13.0. The summed E-state index contributed by atoms with van der Waals surface area (Å²) >= 11 is 0. The van der Waals surface area contributed by atoms with Crippen molar-refractivity contribution < 1.29 is 9.53 Å². The second kappa shape index (κ2) is 8.16. The van der Waals surface area contributed by atoms with E-state index in [1.807, 2.05) is 20.0 Å². The van der Waals surface area contributed by atoms with Crippen LogP contribution in [0.4, 0.5) is 11.6 Å². The Morgan fingerprint density at radius 1 is 1.14 bits per heavy atom. The minimum atomic E-state index is -0.330. The molecule has 1 atom stereocenters. The van der Waals surface area contributed by atoms with Gasteiger partial charge in [-0.15, -0.1) is 0 Å². The van der Waals surface area contributed by atoms with Gasteiger partial charge in [-0.25, -0.2) is 0 Å². The molecule has 1 amide bonds. The number of rotatable bonds is 5. The number of anilines is 2. The molecule has 2 aromatic rings. The van der Waals surface area contributed by atoms with Crippen molar-refractivity contribution in [1.29, 1.82) is 0 Å². The van der Waals surface area contributed by atoms with Gasteiger partial charge in [0.1, 0.15) is 23.8 Å². The number of ether oxygens (including phenoxy) is 1. The van der Waals surface area contributed by atoms with Crippen molar-refractivity contribution in [2.45, 2.75) is 64.0 Å². The van der Waals surface area contributed by atoms with E-state index in [-0.39, 0.29) is 18.1 Å². The third-order valence-corrected chi connectivity index (χ3v) is 5.47. The lowest BCUT2D eigenvalue weighted by atomic mass is 9.98. The Balaban J connectivity index is 1.44. The number of aryl methyl sites for hydroxylation is 2. The molecule has 1 saturated heterocycles. The maximum Gasteiger partial charge on any atom is 0.250 e. The molecular weight excluding hydrogens is 356 g/mol. The highest BCUT2D eigenvalue weighted by molar-refractivity contribution is 5.98. The van der Waals surface area contributed by atoms with E-state index in [0.717, 1.165) is 37.2 Å². The summed E-state index contributed by atoms with van der Waals surface area (Å²) in [5, 5.41) is 7.62. The molecule has 28 heavy (non-hydrogen) atoms. The van der Waals surface area contributed by atoms with E-state index in [1.54, 1.807) is 22.0 Å². The molecule has 0 aromatic carbocycles. The van der Waals surface area contributed by atoms with Crippen molar-refractivity contribution in [2.24, 2.45) is 7.05 Å². The zero-order valence-corrected chi connectivity index (χ0v) is 16.6. The van der Waals surface area contributed by atoms with Crippen LogP contribution < -0.4 is 15.0 Å². The fourth-order valence-corrected chi connectivity index (χ4v) is 4.09. The van der Waals surface area contributed by atoms with E-state index < -0.39 is 0 Å². The largest absolute Gasteiger partial charge is 0.473 e. The third-order valence-electron chi connectivity index (χ3n) is 5.47. The van der Waals surface area contributed by atoms with Crippen molar-refractivity contribution >= 4 is 17.5 Å². The number of carbonyl (C=O) groups is 1. The molecule has 4 rings (SSSR count). The highest BCUT2D eigenvalue weighted by Gasteiger charge is 2.31. The molecule has 8 heteroatoms. The summed E-state index contributed by atoms with van der Waals surface area (Å²) in [6, 6.07) is 1.61. The van der Waals surface area contributed by atoms with Crippen LogP contribution in [0.1, 0.15) is 50.6 Å². The summed E-state index contributed by atoms with van der Waals surface area (Å²) in [5.41, 5.74) is 0.902. The van der Waals surface area contributed by atoms with Crippen molar-refractivity contribution in [2.75, 3.05) is 16.8 Å². The van der Waals surface area contributed by atoms with Crippen LogP contribution in [0.15, 0.2) is 18.5 Å². The molecule has 3 heterocycles. The quantitative estimate of drug-likeness (QED) is 0.853. The van der Waals surface area contributed by atoms with Gasteiger partial charge in [0.2, 0.25) is 5.88 Å². The molecule has 0 bridgehead atoms. The van der Waals surface area contributed by atoms with Gasteiger partial charge < -0.3 is 10.1 Å². The van der Waals surface area contributed by atoms with Gasteiger partial charge >= 0.3 is 0 Å². The van der Waals surface area contributed by atoms with Crippen LogP contribution in [0.3, 0.4) is 0 Å². The van der Waals surface area contributed by atoms with Crippen LogP contribution in [0.5, 0.6) is 5.88 Å². The standard InChI is InChI=1S/C20H28N6O2/c1-14-11-19(25(2)24-14)26-10-6-9-16(20(26)27)22-17-12-21-13-18(23-17)28-15-7-4-3-5-8-15/h11-13,15-16H,3-10H2,1-2H3,(H,22,23). The smallest absolute Gasteiger partial charge is 0.250 e. The van der Waals surface area contributed by atoms with E-state index in [4.69, 9.17) is 4.74 Å². The molecule has 0 radical (unpaired) electrons. The summed E-state index contributed by atoms with van der Waals surface area (Å²) in [6.07, 6.45) is 11.0. The molecule has 1 aliphatic carbocycles. The lowest BCUT2D eigenvalue weighted by Gasteiger charge is -2.32. The van der Waals surface area contributed by atoms with Gasteiger partial charge in [-0.3, -0.25) is 19.4 Å². The first kappa shape index (κ1) is 18.7. The van der Waals surface area contributed by atoms with E-state index in [0.29, 0.717) is 18.2 Å². The number of amides is 1. The van der Waals surface area contributed by atoms with Crippen molar-refractivity contribution in [3.8, 4) is 5.88 Å². The Morgan fingerprint density at radius 3 is 2.71 bits per heavy atom. The molecule has 2 aliphatic rings. The third kappa shape index (κ3) is 4.10. The minimum absolute atomic E-state index is 0.0367. The predicted octanol–water partition coefficient (Wildman–Crippen LogP) is 2.84. The molecule has 1 N–H and O–H groups in total. The fourth-order valence-electron chi connectivity index (χ4n) is 4.09. The molecule has 1 unspecified atom stereocenters. The molecule has 1 aliphatic heterocycles. The highest BCUT2D eigenvalue weighted by atomic mass is 16.5. The maximum atomic E-state index is 13.0. The number of aromatic nitrogens is 4. The van der Waals surface area contributed by atoms with Crippen molar-refractivity contribution in [1.82, 2.24) is 19.7 Å². The summed E-state index contributed by atoms with van der Waals surface area (Å²) in [5.74, 6) is 1.97. The highest BCUT2D eigenvalue weighted by Crippen LogP contribution is 2.25. The van der Waals surface area contributed by atoms with Gasteiger partial charge in [0.15, 0.2) is 0 Å². The summed E-state index contributed by atoms with van der Waals surface area (Å²) in [6.45, 7) is 2.63. The fraction of sp³-hybridized carbons (Fsp3) is 0.600. The van der Waals surface area contributed by atoms with Crippen LogP contribution in [-0.2, 0) is 11.8 Å². The van der Waals surface area contributed by atoms with Gasteiger partial charge in [0.05, 0.1) is 18.1 Å². The molecule has 150 valence electrons. The van der Waals surface area contributed by atoms with Crippen LogP contribution in [0.2, 0.25) is 0 Å². The predicted molar refractivity (Wildman–Crippen MR) is 106 cm³/mol. The number of nitrogens with one attached hydrogen (secondary N) is 1. The number of carbonyl (C=O) groups excluding carboxylic acids is 1. The lowest BCUT2D eigenvalue weighted by Crippen LogP contribution is -2.48. The lowest BCUT2D eigenvalue weighted by molar-refractivity contribution is -0.120. The molecule has 8 nitrogen and oxygen atoms in total. The topological polar surface area (TPSA) is 85.2 Å². The van der Waals surface area contributed by atoms with Gasteiger partial charge in [-0.1, -0.05) is 6.42 Å². The van der Waals surface area contributed by atoms with Crippen LogP contribution >= 0.6 is 0 Å². The molecule has 0 spiro atoms. The Labute approximate surface area is 165 Å². The number of nitrogens with zero attached hydrogens (tertiary/aromatic N) is 5. The van der Waals surface area contributed by atoms with E-state index >= 15 is 0 Å². The zero-order chi connectivity index (χ0) is 19.5. The molecule has 2 fully saturated rings. The van der Waals surface area contributed by atoms with Crippen LogP contribution in [0, 0.1) is 6.92 Å². The monoisotopic (exact) mass is 384 g/mol. The Kier molecular flexibility index (Phi) is 5.45. The Morgan fingerprint density at radius 2 is 1.96 bits per heavy atom. The van der Waals surface area contributed by atoms with Crippen molar-refractivity contribution in [3.05, 3.63) is 24.2 Å².